The Morgan fingerprint density at radius 3 is 1.90 bits per heavy atom. The highest BCUT2D eigenvalue weighted by atomic mass is 16.7. The minimum Gasteiger partial charge on any atom is -0.385 e. The summed E-state index contributed by atoms with van der Waals surface area (Å²) in [7, 11) is 0. The molecule has 0 rings (SSSR count). The SMILES string of the molecule is C[C@H]([C@@H](O)C=O)C(O)(O)O. The average molecular weight is 150 g/mol. The molecule has 0 bridgehead atoms. The third kappa shape index (κ3) is 2.40. The Balaban J connectivity index is 4.07. The molecule has 0 fully saturated rings. The van der Waals surface area contributed by atoms with E-state index in [9.17, 15) is 4.79 Å². The molecule has 0 aromatic heterocycles. The summed E-state index contributed by atoms with van der Waals surface area (Å²) in [5, 5.41) is 33.8. The molecule has 0 saturated heterocycles. The first kappa shape index (κ1) is 9.51. The molecular formula is C5H10O5. The molecule has 0 amide bonds. The molecule has 0 aromatic rings. The van der Waals surface area contributed by atoms with Gasteiger partial charge in [-0.05, 0) is 0 Å². The summed E-state index contributed by atoms with van der Waals surface area (Å²) in [5.41, 5.74) is 0. The molecule has 60 valence electrons. The first-order chi connectivity index (χ1) is 4.39. The normalized spacial score (nSPS) is 18.1. The van der Waals surface area contributed by atoms with Crippen molar-refractivity contribution in [1.29, 1.82) is 0 Å². The second kappa shape index (κ2) is 3.07. The first-order valence-electron chi connectivity index (χ1n) is 2.70. The lowest BCUT2D eigenvalue weighted by molar-refractivity contribution is -0.347. The zero-order chi connectivity index (χ0) is 8.36. The summed E-state index contributed by atoms with van der Waals surface area (Å²) in [5.74, 6) is -4.31. The smallest absolute Gasteiger partial charge is 0.281 e. The molecule has 0 aliphatic heterocycles. The summed E-state index contributed by atoms with van der Waals surface area (Å²) >= 11 is 0. The van der Waals surface area contributed by atoms with Gasteiger partial charge in [-0.3, -0.25) is 0 Å². The fraction of sp³-hybridized carbons (Fsp3) is 0.800. The predicted octanol–water partition coefficient (Wildman–Crippen LogP) is -2.19. The lowest BCUT2D eigenvalue weighted by Gasteiger charge is -2.23. The lowest BCUT2D eigenvalue weighted by Crippen LogP contribution is -2.42. The number of aldehydes is 1. The van der Waals surface area contributed by atoms with E-state index >= 15 is 0 Å². The van der Waals surface area contributed by atoms with Crippen LogP contribution in [0.25, 0.3) is 0 Å². The number of carbonyl (C=O) groups is 1. The maximum atomic E-state index is 9.81. The first-order valence-corrected chi connectivity index (χ1v) is 2.70. The van der Waals surface area contributed by atoms with Crippen LogP contribution in [0, 0.1) is 5.92 Å². The highest BCUT2D eigenvalue weighted by Crippen LogP contribution is 2.12. The van der Waals surface area contributed by atoms with Gasteiger partial charge in [-0.2, -0.15) is 0 Å². The van der Waals surface area contributed by atoms with Crippen LogP contribution >= 0.6 is 0 Å². The molecule has 0 unspecified atom stereocenters. The Morgan fingerprint density at radius 1 is 1.40 bits per heavy atom. The van der Waals surface area contributed by atoms with Crippen molar-refractivity contribution < 1.29 is 25.2 Å². The maximum absolute atomic E-state index is 9.81. The zero-order valence-electron chi connectivity index (χ0n) is 5.43. The predicted molar refractivity (Wildman–Crippen MR) is 30.6 cm³/mol. The van der Waals surface area contributed by atoms with Gasteiger partial charge in [0.25, 0.3) is 5.97 Å². The van der Waals surface area contributed by atoms with Gasteiger partial charge in [0.2, 0.25) is 0 Å². The maximum Gasteiger partial charge on any atom is 0.281 e. The molecule has 0 aliphatic rings. The molecule has 4 N–H and O–H groups in total. The van der Waals surface area contributed by atoms with Crippen LogP contribution in [-0.4, -0.2) is 38.8 Å². The van der Waals surface area contributed by atoms with E-state index in [0.29, 0.717) is 0 Å². The molecule has 5 heteroatoms. The topological polar surface area (TPSA) is 98.0 Å². The Labute approximate surface area is 57.5 Å². The van der Waals surface area contributed by atoms with Crippen LogP contribution in [-0.2, 0) is 4.79 Å². The van der Waals surface area contributed by atoms with Gasteiger partial charge in [0, 0.05) is 0 Å². The van der Waals surface area contributed by atoms with Crippen LogP contribution < -0.4 is 0 Å². The van der Waals surface area contributed by atoms with E-state index in [2.05, 4.69) is 0 Å². The van der Waals surface area contributed by atoms with E-state index in [0.717, 1.165) is 6.92 Å². The van der Waals surface area contributed by atoms with E-state index < -0.39 is 18.0 Å². The number of hydrogen-bond acceptors (Lipinski definition) is 5. The van der Waals surface area contributed by atoms with Crippen LogP contribution in [0.1, 0.15) is 6.92 Å². The monoisotopic (exact) mass is 150 g/mol. The fourth-order valence-electron chi connectivity index (χ4n) is 0.347. The van der Waals surface area contributed by atoms with Crippen LogP contribution in [0.3, 0.4) is 0 Å². The Bertz CT molecular complexity index is 116. The second-order valence-corrected chi connectivity index (χ2v) is 2.10. The average Bonchev–Trinajstić information content (AvgIpc) is 1.83. The third-order valence-electron chi connectivity index (χ3n) is 1.26. The van der Waals surface area contributed by atoms with Crippen molar-refractivity contribution in [2.24, 2.45) is 5.92 Å². The van der Waals surface area contributed by atoms with E-state index in [1.54, 1.807) is 0 Å². The summed E-state index contributed by atoms with van der Waals surface area (Å²) in [6, 6.07) is 0. The standard InChI is InChI=1S/C5H10O5/c1-3(4(7)2-6)5(8,9)10/h2-4,7-10H,1H3/t3-,4+/m1/s1. The van der Waals surface area contributed by atoms with Gasteiger partial charge in [0.15, 0.2) is 0 Å². The van der Waals surface area contributed by atoms with Gasteiger partial charge in [-0.15, -0.1) is 0 Å². The molecule has 0 heterocycles. The molecule has 0 aliphatic carbocycles. The summed E-state index contributed by atoms with van der Waals surface area (Å²) in [6.45, 7) is 1.12. The van der Waals surface area contributed by atoms with E-state index in [1.807, 2.05) is 0 Å². The summed E-state index contributed by atoms with van der Waals surface area (Å²) in [4.78, 5) is 9.81. The van der Waals surface area contributed by atoms with Crippen LogP contribution in [0.2, 0.25) is 0 Å². The summed E-state index contributed by atoms with van der Waals surface area (Å²) in [6.07, 6.45) is -1.46. The Hall–Kier alpha value is -0.490. The minimum absolute atomic E-state index is 0.113. The van der Waals surface area contributed by atoms with Crippen molar-refractivity contribution in [1.82, 2.24) is 0 Å². The number of hydrogen-bond donors (Lipinski definition) is 4. The minimum atomic E-state index is -3.00. The van der Waals surface area contributed by atoms with Crippen molar-refractivity contribution in [2.45, 2.75) is 19.0 Å². The number of aliphatic hydroxyl groups is 4. The van der Waals surface area contributed by atoms with Gasteiger partial charge in [0.05, 0.1) is 5.92 Å². The van der Waals surface area contributed by atoms with Crippen molar-refractivity contribution >= 4 is 6.29 Å². The molecule has 10 heavy (non-hydrogen) atoms. The van der Waals surface area contributed by atoms with Crippen LogP contribution in [0.15, 0.2) is 0 Å². The number of rotatable bonds is 3. The molecule has 0 spiro atoms. The highest BCUT2D eigenvalue weighted by molar-refractivity contribution is 5.56. The van der Waals surface area contributed by atoms with Gasteiger partial charge >= 0.3 is 0 Å². The van der Waals surface area contributed by atoms with Gasteiger partial charge in [-0.25, -0.2) is 0 Å². The van der Waals surface area contributed by atoms with Crippen molar-refractivity contribution in [3.05, 3.63) is 0 Å². The largest absolute Gasteiger partial charge is 0.385 e. The number of carbonyl (C=O) groups excluding carboxylic acids is 1. The molecular weight excluding hydrogens is 140 g/mol. The van der Waals surface area contributed by atoms with Gasteiger partial charge in [-0.1, -0.05) is 6.92 Å². The molecule has 5 nitrogen and oxygen atoms in total. The van der Waals surface area contributed by atoms with Crippen molar-refractivity contribution in [3.8, 4) is 0 Å². The quantitative estimate of drug-likeness (QED) is 0.270. The zero-order valence-corrected chi connectivity index (χ0v) is 5.43. The van der Waals surface area contributed by atoms with Crippen molar-refractivity contribution in [3.63, 3.8) is 0 Å². The Morgan fingerprint density at radius 2 is 1.80 bits per heavy atom. The van der Waals surface area contributed by atoms with E-state index in [-0.39, 0.29) is 6.29 Å². The van der Waals surface area contributed by atoms with E-state index in [1.165, 1.54) is 0 Å². The fourth-order valence-corrected chi connectivity index (χ4v) is 0.347. The van der Waals surface area contributed by atoms with E-state index in [4.69, 9.17) is 20.4 Å². The molecule has 0 saturated carbocycles. The second-order valence-electron chi connectivity index (χ2n) is 2.10. The van der Waals surface area contributed by atoms with Gasteiger partial charge < -0.3 is 25.2 Å². The lowest BCUT2D eigenvalue weighted by atomic mass is 10.0. The highest BCUT2D eigenvalue weighted by Gasteiger charge is 2.33. The third-order valence-corrected chi connectivity index (χ3v) is 1.26. The molecule has 0 radical (unpaired) electrons. The summed E-state index contributed by atoms with van der Waals surface area (Å²) < 4.78 is 0. The number of aliphatic hydroxyl groups excluding tert-OH is 1. The Kier molecular flexibility index (Phi) is 2.92. The van der Waals surface area contributed by atoms with Gasteiger partial charge in [0.1, 0.15) is 12.4 Å². The molecule has 2 atom stereocenters. The van der Waals surface area contributed by atoms with Crippen molar-refractivity contribution in [2.75, 3.05) is 0 Å². The van der Waals surface area contributed by atoms with Crippen LogP contribution in [0.4, 0.5) is 0 Å². The van der Waals surface area contributed by atoms with Crippen LogP contribution in [0.5, 0.6) is 0 Å². The molecule has 0 aromatic carbocycles.